The summed E-state index contributed by atoms with van der Waals surface area (Å²) >= 11 is 0. The smallest absolute Gasteiger partial charge is 0.213 e. The monoisotopic (exact) mass is 537 g/mol. The standard InChI is InChI=1S/C27H25NOP.HI/c1-4-13-23(14-5-1)30(24-15-6-2-7-16-24,25-17-8-3-9-18-25)26-19-20-27(28-21-26)29-22-11-10-12-22;/h1-9,13-22H,10-12H2;1H/q+1;/p-1. The fraction of sp³-hybridized carbons (Fsp3) is 0.148. The van der Waals surface area contributed by atoms with Crippen molar-refractivity contribution in [3.05, 3.63) is 109 Å². The lowest BCUT2D eigenvalue weighted by Gasteiger charge is -2.28. The van der Waals surface area contributed by atoms with Crippen LogP contribution >= 0.6 is 7.26 Å². The molecule has 0 atom stereocenters. The van der Waals surface area contributed by atoms with E-state index in [1.165, 1.54) is 27.6 Å². The molecular weight excluding hydrogens is 512 g/mol. The summed E-state index contributed by atoms with van der Waals surface area (Å²) in [5.74, 6) is 0.732. The quantitative estimate of drug-likeness (QED) is 0.276. The predicted octanol–water partition coefficient (Wildman–Crippen LogP) is 1.64. The number of benzene rings is 3. The largest absolute Gasteiger partial charge is 1.00 e. The number of ether oxygens (including phenoxy) is 1. The lowest BCUT2D eigenvalue weighted by Crippen LogP contribution is -3.00. The molecule has 1 aliphatic carbocycles. The average Bonchev–Trinajstić information content (AvgIpc) is 2.80. The van der Waals surface area contributed by atoms with Crippen LogP contribution in [0.1, 0.15) is 19.3 Å². The van der Waals surface area contributed by atoms with Crippen LogP contribution in [0.5, 0.6) is 5.88 Å². The van der Waals surface area contributed by atoms with Crippen LogP contribution in [0.25, 0.3) is 0 Å². The van der Waals surface area contributed by atoms with Gasteiger partial charge in [0.05, 0.1) is 6.20 Å². The summed E-state index contributed by atoms with van der Waals surface area (Å²) in [5.41, 5.74) is 0. The van der Waals surface area contributed by atoms with Gasteiger partial charge in [0.2, 0.25) is 5.88 Å². The molecule has 0 radical (unpaired) electrons. The molecule has 4 aromatic rings. The number of halogens is 1. The third-order valence-corrected chi connectivity index (χ3v) is 10.1. The van der Waals surface area contributed by atoms with Crippen LogP contribution in [0.4, 0.5) is 0 Å². The number of aromatic nitrogens is 1. The van der Waals surface area contributed by atoms with Gasteiger partial charge in [-0.1, -0.05) is 54.6 Å². The number of nitrogens with zero attached hydrogens (tertiary/aromatic N) is 1. The van der Waals surface area contributed by atoms with E-state index in [-0.39, 0.29) is 24.0 Å². The van der Waals surface area contributed by atoms with E-state index in [2.05, 4.69) is 103 Å². The Kier molecular flexibility index (Phi) is 7.04. The van der Waals surface area contributed by atoms with Crippen LogP contribution in [0.3, 0.4) is 0 Å². The molecule has 1 saturated carbocycles. The SMILES string of the molecule is [I-].c1ccc([P+](c2ccccc2)(c2ccccc2)c2ccc(OC3CCC3)nc2)cc1. The molecule has 1 fully saturated rings. The second-order valence-electron chi connectivity index (χ2n) is 7.70. The summed E-state index contributed by atoms with van der Waals surface area (Å²) in [6.07, 6.45) is 5.90. The highest BCUT2D eigenvalue weighted by Gasteiger charge is 2.48. The van der Waals surface area contributed by atoms with Crippen molar-refractivity contribution in [2.75, 3.05) is 0 Å². The van der Waals surface area contributed by atoms with Crippen molar-refractivity contribution < 1.29 is 28.7 Å². The third-order valence-electron chi connectivity index (χ3n) is 5.88. The zero-order valence-electron chi connectivity index (χ0n) is 17.3. The Morgan fingerprint density at radius 1 is 0.613 bits per heavy atom. The minimum Gasteiger partial charge on any atom is -1.00 e. The molecule has 2 nitrogen and oxygen atoms in total. The molecule has 1 heterocycles. The van der Waals surface area contributed by atoms with Crippen molar-refractivity contribution in [2.24, 2.45) is 0 Å². The Labute approximate surface area is 202 Å². The molecule has 31 heavy (non-hydrogen) atoms. The first-order chi connectivity index (χ1) is 14.9. The van der Waals surface area contributed by atoms with Gasteiger partial charge in [-0.2, -0.15) is 0 Å². The Bertz CT molecular complexity index is 988. The second kappa shape index (κ2) is 9.93. The molecule has 1 aliphatic rings. The van der Waals surface area contributed by atoms with E-state index < -0.39 is 7.26 Å². The van der Waals surface area contributed by atoms with Crippen molar-refractivity contribution in [3.63, 3.8) is 0 Å². The maximum atomic E-state index is 6.04. The van der Waals surface area contributed by atoms with E-state index in [9.17, 15) is 0 Å². The molecule has 1 aromatic heterocycles. The van der Waals surface area contributed by atoms with E-state index in [1.54, 1.807) is 0 Å². The van der Waals surface area contributed by atoms with Gasteiger partial charge in [0.1, 0.15) is 34.6 Å². The minimum absolute atomic E-state index is 0. The summed E-state index contributed by atoms with van der Waals surface area (Å²) in [7, 11) is -2.07. The van der Waals surface area contributed by atoms with Crippen molar-refractivity contribution >= 4 is 28.5 Å². The van der Waals surface area contributed by atoms with Gasteiger partial charge in [-0.15, -0.1) is 0 Å². The lowest BCUT2D eigenvalue weighted by molar-refractivity contribution is -0.00000750. The van der Waals surface area contributed by atoms with E-state index in [4.69, 9.17) is 9.72 Å². The molecule has 0 amide bonds. The van der Waals surface area contributed by atoms with Crippen LogP contribution in [-0.2, 0) is 0 Å². The van der Waals surface area contributed by atoms with Gasteiger partial charge in [0.15, 0.2) is 0 Å². The fourth-order valence-electron chi connectivity index (χ4n) is 4.15. The Morgan fingerprint density at radius 3 is 1.45 bits per heavy atom. The lowest BCUT2D eigenvalue weighted by atomic mass is 9.96. The van der Waals surface area contributed by atoms with E-state index in [1.807, 2.05) is 6.20 Å². The van der Waals surface area contributed by atoms with E-state index in [0.717, 1.165) is 18.7 Å². The first-order valence-electron chi connectivity index (χ1n) is 10.6. The molecule has 0 unspecified atom stereocenters. The number of hydrogen-bond acceptors (Lipinski definition) is 2. The number of hydrogen-bond donors (Lipinski definition) is 0. The molecule has 5 rings (SSSR count). The molecule has 0 N–H and O–H groups in total. The average molecular weight is 537 g/mol. The van der Waals surface area contributed by atoms with E-state index >= 15 is 0 Å². The van der Waals surface area contributed by atoms with Crippen LogP contribution in [0.15, 0.2) is 109 Å². The summed E-state index contributed by atoms with van der Waals surface area (Å²) in [6.45, 7) is 0. The Morgan fingerprint density at radius 2 is 1.10 bits per heavy atom. The highest BCUT2D eigenvalue weighted by Crippen LogP contribution is 2.54. The third kappa shape index (κ3) is 4.26. The minimum atomic E-state index is -2.07. The van der Waals surface area contributed by atoms with Crippen LogP contribution < -0.4 is 49.9 Å². The molecule has 0 aliphatic heterocycles. The van der Waals surface area contributed by atoms with Gasteiger partial charge in [0, 0.05) is 6.07 Å². The maximum absolute atomic E-state index is 6.04. The fourth-order valence-corrected chi connectivity index (χ4v) is 8.33. The maximum Gasteiger partial charge on any atom is 0.213 e. The predicted molar refractivity (Wildman–Crippen MR) is 127 cm³/mol. The summed E-state index contributed by atoms with van der Waals surface area (Å²) < 4.78 is 6.04. The van der Waals surface area contributed by atoms with Crippen molar-refractivity contribution in [1.29, 1.82) is 0 Å². The summed E-state index contributed by atoms with van der Waals surface area (Å²) in [6, 6.07) is 36.9. The molecule has 3 aromatic carbocycles. The molecule has 0 spiro atoms. The molecule has 0 saturated heterocycles. The van der Waals surface area contributed by atoms with Gasteiger partial charge in [-0.25, -0.2) is 4.98 Å². The van der Waals surface area contributed by atoms with Gasteiger partial charge in [-0.05, 0) is 61.7 Å². The molecule has 0 bridgehead atoms. The highest BCUT2D eigenvalue weighted by atomic mass is 127. The van der Waals surface area contributed by atoms with Gasteiger partial charge >= 0.3 is 0 Å². The zero-order valence-corrected chi connectivity index (χ0v) is 20.3. The topological polar surface area (TPSA) is 22.1 Å². The summed E-state index contributed by atoms with van der Waals surface area (Å²) in [4.78, 5) is 4.75. The Balaban J connectivity index is 0.00000231. The van der Waals surface area contributed by atoms with Crippen molar-refractivity contribution in [1.82, 2.24) is 4.98 Å². The highest BCUT2D eigenvalue weighted by molar-refractivity contribution is 8.01. The van der Waals surface area contributed by atoms with Crippen LogP contribution in [0.2, 0.25) is 0 Å². The molecular formula is C27H25INOP. The van der Waals surface area contributed by atoms with E-state index in [0.29, 0.717) is 6.10 Å². The van der Waals surface area contributed by atoms with Gasteiger partial charge < -0.3 is 28.7 Å². The number of pyridine rings is 1. The van der Waals surface area contributed by atoms with Gasteiger partial charge in [-0.3, -0.25) is 0 Å². The molecule has 4 heteroatoms. The zero-order chi connectivity index (χ0) is 20.2. The Hall–Kier alpha value is -2.23. The molecule has 156 valence electrons. The first-order valence-corrected chi connectivity index (χ1v) is 12.4. The van der Waals surface area contributed by atoms with Crippen molar-refractivity contribution in [2.45, 2.75) is 25.4 Å². The van der Waals surface area contributed by atoms with Crippen LogP contribution in [0, 0.1) is 0 Å². The number of rotatable bonds is 6. The van der Waals surface area contributed by atoms with Crippen molar-refractivity contribution in [3.8, 4) is 5.88 Å². The van der Waals surface area contributed by atoms with Crippen LogP contribution in [-0.4, -0.2) is 11.1 Å². The summed E-state index contributed by atoms with van der Waals surface area (Å²) in [5, 5.41) is 5.23. The first kappa shape index (κ1) is 22.0. The van der Waals surface area contributed by atoms with Gasteiger partial charge in [0.25, 0.3) is 0 Å². The second-order valence-corrected chi connectivity index (χ2v) is 11.1. The normalized spacial score (nSPS) is 13.7.